The Bertz CT molecular complexity index is 1230. The Morgan fingerprint density at radius 2 is 2.26 bits per heavy atom. The molecule has 0 bridgehead atoms. The molecule has 1 saturated carbocycles. The number of carbonyl (C=O) groups excluding carboxylic acids is 1. The predicted octanol–water partition coefficient (Wildman–Crippen LogP) is 4.43. The molecule has 4 aromatic rings. The number of H-pyrrole nitrogens is 1. The quantitative estimate of drug-likeness (QED) is 0.561. The van der Waals surface area contributed by atoms with Gasteiger partial charge in [0.25, 0.3) is 0 Å². The molecule has 0 aliphatic heterocycles. The molecule has 2 heterocycles. The molecule has 136 valence electrons. The Labute approximate surface area is 158 Å². The summed E-state index contributed by atoms with van der Waals surface area (Å²) < 4.78 is 42.6. The number of hydrogen-bond acceptors (Lipinski definition) is 3. The van der Waals surface area contributed by atoms with Crippen LogP contribution in [0.1, 0.15) is 40.9 Å². The van der Waals surface area contributed by atoms with E-state index in [0.717, 1.165) is 16.9 Å². The highest BCUT2D eigenvalue weighted by Gasteiger charge is 2.46. The van der Waals surface area contributed by atoms with Gasteiger partial charge in [0.2, 0.25) is 5.91 Å². The number of furan rings is 1. The third-order valence-corrected chi connectivity index (χ3v) is 4.95. The van der Waals surface area contributed by atoms with Crippen molar-refractivity contribution in [3.05, 3.63) is 65.9 Å². The fraction of sp³-hybridized carbons (Fsp3) is 0.238. The van der Waals surface area contributed by atoms with Gasteiger partial charge in [0, 0.05) is 21.3 Å². The van der Waals surface area contributed by atoms with Crippen molar-refractivity contribution < 1.29 is 17.7 Å². The minimum Gasteiger partial charge on any atom is -0.459 e. The maximum absolute atomic E-state index is 13.5. The lowest BCUT2D eigenvalue weighted by Gasteiger charge is -2.11. The molecule has 1 aliphatic carbocycles. The number of imidazole rings is 1. The van der Waals surface area contributed by atoms with Crippen LogP contribution >= 0.6 is 0 Å². The molecule has 0 saturated heterocycles. The fourth-order valence-corrected chi connectivity index (χ4v) is 3.43. The second kappa shape index (κ2) is 5.94. The molecule has 2 aromatic carbocycles. The van der Waals surface area contributed by atoms with Crippen molar-refractivity contribution in [1.82, 2.24) is 15.3 Å². The molecule has 3 atom stereocenters. The van der Waals surface area contributed by atoms with E-state index in [4.69, 9.17) is 8.53 Å². The minimum atomic E-state index is -2.52. The zero-order chi connectivity index (χ0) is 21.0. The summed E-state index contributed by atoms with van der Waals surface area (Å²) in [6.07, 6.45) is 0.588. The molecule has 0 radical (unpaired) electrons. The van der Waals surface area contributed by atoms with E-state index in [1.54, 1.807) is 0 Å². The number of nitrogens with one attached hydrogen (secondary N) is 2. The maximum atomic E-state index is 13.5. The van der Waals surface area contributed by atoms with Gasteiger partial charge in [0.1, 0.15) is 23.0 Å². The van der Waals surface area contributed by atoms with Crippen LogP contribution in [0, 0.1) is 11.7 Å². The molecule has 2 aromatic heterocycles. The van der Waals surface area contributed by atoms with Crippen LogP contribution < -0.4 is 5.32 Å². The van der Waals surface area contributed by atoms with Crippen molar-refractivity contribution >= 4 is 27.9 Å². The summed E-state index contributed by atoms with van der Waals surface area (Å²) in [6, 6.07) is 11.7. The van der Waals surface area contributed by atoms with Crippen LogP contribution in [0.4, 0.5) is 4.39 Å². The normalized spacial score (nSPS) is 22.2. The van der Waals surface area contributed by atoms with Crippen LogP contribution in [-0.4, -0.2) is 15.9 Å². The van der Waals surface area contributed by atoms with E-state index >= 15 is 0 Å². The third kappa shape index (κ3) is 2.87. The van der Waals surface area contributed by atoms with Gasteiger partial charge in [0.15, 0.2) is 0 Å². The van der Waals surface area contributed by atoms with Crippen LogP contribution in [0.25, 0.3) is 22.0 Å². The van der Waals surface area contributed by atoms with Gasteiger partial charge >= 0.3 is 0 Å². The van der Waals surface area contributed by atoms with Crippen molar-refractivity contribution in [2.75, 3.05) is 0 Å². The Morgan fingerprint density at radius 3 is 3.11 bits per heavy atom. The number of aromatic nitrogens is 2. The van der Waals surface area contributed by atoms with E-state index < -0.39 is 18.7 Å². The van der Waals surface area contributed by atoms with Gasteiger partial charge in [-0.2, -0.15) is 0 Å². The van der Waals surface area contributed by atoms with E-state index in [-0.39, 0.29) is 23.5 Å². The standard InChI is InChI=1S/C21H18FN3O2/c1-11(19-9-12-8-13(22)6-7-18(12)27-19)23-21(26)15-10-14(15)20-24-16-4-2-3-5-17(16)25-20/h2-9,11,14-15H,10H2,1H3,(H,23,26)(H,24,25)/t11?,14-,15-/m0/s1/i1D3. The smallest absolute Gasteiger partial charge is 0.224 e. The minimum absolute atomic E-state index is 0.0740. The van der Waals surface area contributed by atoms with Gasteiger partial charge in [-0.1, -0.05) is 12.1 Å². The van der Waals surface area contributed by atoms with Gasteiger partial charge in [-0.3, -0.25) is 4.79 Å². The van der Waals surface area contributed by atoms with Crippen molar-refractivity contribution in [2.24, 2.45) is 5.92 Å². The average Bonchev–Trinajstić information content (AvgIpc) is 3.20. The zero-order valence-electron chi connectivity index (χ0n) is 17.2. The average molecular weight is 366 g/mol. The number of rotatable bonds is 4. The molecular weight excluding hydrogens is 345 g/mol. The molecule has 1 amide bonds. The topological polar surface area (TPSA) is 70.9 Å². The Morgan fingerprint density at radius 1 is 1.37 bits per heavy atom. The van der Waals surface area contributed by atoms with Gasteiger partial charge in [0.05, 0.1) is 17.1 Å². The number of para-hydroxylation sites is 2. The number of benzene rings is 2. The van der Waals surface area contributed by atoms with E-state index in [9.17, 15) is 9.18 Å². The second-order valence-corrected chi connectivity index (χ2v) is 6.86. The highest BCUT2D eigenvalue weighted by atomic mass is 19.1. The van der Waals surface area contributed by atoms with Gasteiger partial charge in [-0.05, 0) is 49.7 Å². The first-order chi connectivity index (χ1) is 14.3. The molecule has 5 nitrogen and oxygen atoms in total. The molecule has 1 fully saturated rings. The van der Waals surface area contributed by atoms with E-state index in [2.05, 4.69) is 15.3 Å². The van der Waals surface area contributed by atoms with Crippen LogP contribution in [-0.2, 0) is 4.79 Å². The third-order valence-electron chi connectivity index (χ3n) is 4.95. The summed E-state index contributed by atoms with van der Waals surface area (Å²) >= 11 is 0. The molecule has 0 spiro atoms. The SMILES string of the molecule is [2H]C([2H])([2H])C(NC(=O)[C@H]1C[C@@H]1c1nc2ccccc2[nH]1)c1cc2cc(F)ccc2o1. The lowest BCUT2D eigenvalue weighted by Crippen LogP contribution is -2.28. The number of carbonyl (C=O) groups is 1. The van der Waals surface area contributed by atoms with Crippen molar-refractivity contribution in [1.29, 1.82) is 0 Å². The summed E-state index contributed by atoms with van der Waals surface area (Å²) in [5.41, 5.74) is 2.09. The summed E-state index contributed by atoms with van der Waals surface area (Å²) in [6.45, 7) is -2.52. The first-order valence-corrected chi connectivity index (χ1v) is 8.73. The van der Waals surface area contributed by atoms with Crippen molar-refractivity contribution in [3.8, 4) is 0 Å². The Hall–Kier alpha value is -3.15. The number of hydrogen-bond donors (Lipinski definition) is 2. The van der Waals surface area contributed by atoms with Gasteiger partial charge in [-0.15, -0.1) is 0 Å². The fourth-order valence-electron chi connectivity index (χ4n) is 3.43. The molecule has 6 heteroatoms. The van der Waals surface area contributed by atoms with Crippen LogP contribution in [0.3, 0.4) is 0 Å². The molecule has 1 unspecified atom stereocenters. The Kier molecular flexibility index (Phi) is 2.88. The summed E-state index contributed by atoms with van der Waals surface area (Å²) in [7, 11) is 0. The summed E-state index contributed by atoms with van der Waals surface area (Å²) in [5, 5.41) is 3.06. The van der Waals surface area contributed by atoms with E-state index in [1.165, 1.54) is 24.3 Å². The highest BCUT2D eigenvalue weighted by Crippen LogP contribution is 2.47. The highest BCUT2D eigenvalue weighted by molar-refractivity contribution is 5.84. The van der Waals surface area contributed by atoms with Crippen molar-refractivity contribution in [3.63, 3.8) is 0 Å². The van der Waals surface area contributed by atoms with Crippen LogP contribution in [0.2, 0.25) is 0 Å². The van der Waals surface area contributed by atoms with Crippen molar-refractivity contribution in [2.45, 2.75) is 25.2 Å². The first-order valence-electron chi connectivity index (χ1n) is 10.2. The number of halogens is 1. The summed E-state index contributed by atoms with van der Waals surface area (Å²) in [5.74, 6) is -0.466. The first kappa shape index (κ1) is 13.1. The predicted molar refractivity (Wildman–Crippen MR) is 99.7 cm³/mol. The van der Waals surface area contributed by atoms with Gasteiger partial charge in [-0.25, -0.2) is 9.37 Å². The molecular formula is C21H18FN3O2. The molecule has 1 aliphatic rings. The maximum Gasteiger partial charge on any atom is 0.224 e. The lowest BCUT2D eigenvalue weighted by atomic mass is 10.2. The monoisotopic (exact) mass is 366 g/mol. The number of amides is 1. The Balaban J connectivity index is 1.36. The molecule has 2 N–H and O–H groups in total. The zero-order valence-corrected chi connectivity index (χ0v) is 14.2. The van der Waals surface area contributed by atoms with Crippen LogP contribution in [0.5, 0.6) is 0 Å². The number of aromatic amines is 1. The summed E-state index contributed by atoms with van der Waals surface area (Å²) in [4.78, 5) is 20.6. The molecule has 5 rings (SSSR count). The van der Waals surface area contributed by atoms with Gasteiger partial charge < -0.3 is 14.7 Å². The molecule has 27 heavy (non-hydrogen) atoms. The van der Waals surface area contributed by atoms with Crippen LogP contribution in [0.15, 0.2) is 52.9 Å². The lowest BCUT2D eigenvalue weighted by molar-refractivity contribution is -0.123. The largest absolute Gasteiger partial charge is 0.459 e. The second-order valence-electron chi connectivity index (χ2n) is 6.86. The van der Waals surface area contributed by atoms with E-state index in [1.807, 2.05) is 24.3 Å². The number of fused-ring (bicyclic) bond motifs is 2. The van der Waals surface area contributed by atoms with E-state index in [0.29, 0.717) is 17.4 Å². The number of nitrogens with zero attached hydrogens (tertiary/aromatic N) is 1.